The van der Waals surface area contributed by atoms with Crippen LogP contribution in [0, 0.1) is 18.8 Å². The number of benzene rings is 1. The molecule has 4 rings (SSSR count). The lowest BCUT2D eigenvalue weighted by Crippen LogP contribution is -2.29. The standard InChI is InChI=1S/C20H23N3O2S/c1-11-3-2-4-13(7-11)26-9-12-8-16(19(25)18(12)24)14-5-6-15-17(14)22-10-23-20(15)21/h2-5,7,10,12,16,18-19,24-25H,6,8-9H2,1H3,(H2,21,22,23)/t12-,16+,18?,19-/m1/s1. The summed E-state index contributed by atoms with van der Waals surface area (Å²) < 4.78 is 0. The molecule has 1 unspecified atom stereocenters. The average Bonchev–Trinajstić information content (AvgIpc) is 3.17. The number of fused-ring (bicyclic) bond motifs is 1. The van der Waals surface area contributed by atoms with Crippen LogP contribution >= 0.6 is 11.8 Å². The number of aliphatic hydroxyl groups excluding tert-OH is 2. The van der Waals surface area contributed by atoms with Gasteiger partial charge in [0.15, 0.2) is 0 Å². The van der Waals surface area contributed by atoms with Gasteiger partial charge in [-0.25, -0.2) is 9.97 Å². The van der Waals surface area contributed by atoms with Crippen LogP contribution in [-0.4, -0.2) is 38.1 Å². The minimum Gasteiger partial charge on any atom is -0.390 e. The predicted octanol–water partition coefficient (Wildman–Crippen LogP) is 2.46. The monoisotopic (exact) mass is 369 g/mol. The molecule has 26 heavy (non-hydrogen) atoms. The summed E-state index contributed by atoms with van der Waals surface area (Å²) in [6.07, 6.45) is 3.49. The van der Waals surface area contributed by atoms with E-state index in [0.29, 0.717) is 12.2 Å². The van der Waals surface area contributed by atoms with Crippen molar-refractivity contribution in [3.63, 3.8) is 0 Å². The SMILES string of the molecule is Cc1cccc(SC[C@H]2C[C@@H](C3=CCc4c(N)ncnc43)[C@@H](O)C2O)c1. The number of allylic oxidation sites excluding steroid dienone is 1. The highest BCUT2D eigenvalue weighted by molar-refractivity contribution is 7.99. The molecule has 0 saturated heterocycles. The van der Waals surface area contributed by atoms with Crippen molar-refractivity contribution in [1.29, 1.82) is 0 Å². The Balaban J connectivity index is 1.48. The van der Waals surface area contributed by atoms with Crippen LogP contribution in [-0.2, 0) is 6.42 Å². The third kappa shape index (κ3) is 3.13. The lowest BCUT2D eigenvalue weighted by atomic mass is 9.93. The Labute approximate surface area is 157 Å². The number of aromatic nitrogens is 2. The van der Waals surface area contributed by atoms with Crippen LogP contribution in [0.25, 0.3) is 5.57 Å². The van der Waals surface area contributed by atoms with Gasteiger partial charge in [-0.15, -0.1) is 11.8 Å². The molecule has 5 nitrogen and oxygen atoms in total. The number of rotatable bonds is 4. The summed E-state index contributed by atoms with van der Waals surface area (Å²) in [5, 5.41) is 21.2. The van der Waals surface area contributed by atoms with Gasteiger partial charge in [0.05, 0.1) is 17.9 Å². The van der Waals surface area contributed by atoms with Crippen molar-refractivity contribution in [3.8, 4) is 0 Å². The molecule has 1 heterocycles. The van der Waals surface area contributed by atoms with Crippen molar-refractivity contribution in [1.82, 2.24) is 9.97 Å². The van der Waals surface area contributed by atoms with Gasteiger partial charge in [-0.1, -0.05) is 23.8 Å². The van der Waals surface area contributed by atoms with Crippen molar-refractivity contribution < 1.29 is 10.2 Å². The molecule has 2 aliphatic rings. The number of nitrogens with zero attached hydrogens (tertiary/aromatic N) is 2. The molecule has 4 N–H and O–H groups in total. The van der Waals surface area contributed by atoms with E-state index in [4.69, 9.17) is 5.73 Å². The van der Waals surface area contributed by atoms with Gasteiger partial charge in [0.2, 0.25) is 0 Å². The van der Waals surface area contributed by atoms with E-state index >= 15 is 0 Å². The van der Waals surface area contributed by atoms with Crippen LogP contribution < -0.4 is 5.73 Å². The molecule has 1 aromatic heterocycles. The van der Waals surface area contributed by atoms with Gasteiger partial charge >= 0.3 is 0 Å². The molecule has 6 heteroatoms. The smallest absolute Gasteiger partial charge is 0.130 e. The normalized spacial score (nSPS) is 27.4. The predicted molar refractivity (Wildman–Crippen MR) is 104 cm³/mol. The zero-order valence-corrected chi connectivity index (χ0v) is 15.5. The second-order valence-electron chi connectivity index (χ2n) is 7.16. The third-order valence-corrected chi connectivity index (χ3v) is 6.62. The Kier molecular flexibility index (Phi) is 4.73. The number of anilines is 1. The molecule has 0 radical (unpaired) electrons. The molecular formula is C20H23N3O2S. The van der Waals surface area contributed by atoms with E-state index in [-0.39, 0.29) is 11.8 Å². The average molecular weight is 369 g/mol. The molecule has 0 bridgehead atoms. The lowest BCUT2D eigenvalue weighted by Gasteiger charge is -2.18. The summed E-state index contributed by atoms with van der Waals surface area (Å²) >= 11 is 1.73. The van der Waals surface area contributed by atoms with Crippen LogP contribution in [0.1, 0.15) is 23.2 Å². The van der Waals surface area contributed by atoms with Gasteiger partial charge in [0, 0.05) is 22.1 Å². The summed E-state index contributed by atoms with van der Waals surface area (Å²) in [6.45, 7) is 2.08. The lowest BCUT2D eigenvalue weighted by molar-refractivity contribution is 0.0160. The first kappa shape index (κ1) is 17.5. The fourth-order valence-corrected chi connectivity index (χ4v) is 5.20. The quantitative estimate of drug-likeness (QED) is 0.717. The second-order valence-corrected chi connectivity index (χ2v) is 8.25. The maximum absolute atomic E-state index is 10.6. The zero-order chi connectivity index (χ0) is 18.3. The molecule has 0 amide bonds. The fourth-order valence-electron chi connectivity index (χ4n) is 4.02. The molecule has 0 spiro atoms. The summed E-state index contributed by atoms with van der Waals surface area (Å²) in [4.78, 5) is 9.62. The van der Waals surface area contributed by atoms with E-state index in [1.165, 1.54) is 16.8 Å². The molecular weight excluding hydrogens is 346 g/mol. The molecule has 0 aliphatic heterocycles. The van der Waals surface area contributed by atoms with Gasteiger partial charge in [-0.2, -0.15) is 0 Å². The number of hydrogen-bond donors (Lipinski definition) is 3. The maximum Gasteiger partial charge on any atom is 0.130 e. The molecule has 2 aromatic rings. The van der Waals surface area contributed by atoms with E-state index in [9.17, 15) is 10.2 Å². The Morgan fingerprint density at radius 3 is 2.88 bits per heavy atom. The van der Waals surface area contributed by atoms with Gasteiger partial charge in [-0.3, -0.25) is 0 Å². The highest BCUT2D eigenvalue weighted by Gasteiger charge is 2.44. The van der Waals surface area contributed by atoms with Crippen molar-refractivity contribution in [2.45, 2.75) is 36.9 Å². The number of thioether (sulfide) groups is 1. The topological polar surface area (TPSA) is 92.3 Å². The van der Waals surface area contributed by atoms with Crippen molar-refractivity contribution in [2.75, 3.05) is 11.5 Å². The molecule has 1 saturated carbocycles. The van der Waals surface area contributed by atoms with E-state index in [1.54, 1.807) is 11.8 Å². The van der Waals surface area contributed by atoms with Crippen LogP contribution in [0.5, 0.6) is 0 Å². The number of nitrogen functional groups attached to an aromatic ring is 1. The number of aliphatic hydroxyl groups is 2. The van der Waals surface area contributed by atoms with E-state index in [2.05, 4.69) is 41.2 Å². The first-order valence-corrected chi connectivity index (χ1v) is 9.88. The summed E-state index contributed by atoms with van der Waals surface area (Å²) in [5.41, 5.74) is 9.94. The first-order valence-electron chi connectivity index (χ1n) is 8.90. The van der Waals surface area contributed by atoms with Crippen LogP contribution in [0.15, 0.2) is 41.6 Å². The summed E-state index contributed by atoms with van der Waals surface area (Å²) in [6, 6.07) is 8.36. The Hall–Kier alpha value is -1.89. The third-order valence-electron chi connectivity index (χ3n) is 5.43. The maximum atomic E-state index is 10.6. The summed E-state index contributed by atoms with van der Waals surface area (Å²) in [5.74, 6) is 1.22. The van der Waals surface area contributed by atoms with Crippen LogP contribution in [0.4, 0.5) is 5.82 Å². The van der Waals surface area contributed by atoms with E-state index < -0.39 is 12.2 Å². The van der Waals surface area contributed by atoms with Gasteiger partial charge < -0.3 is 15.9 Å². The number of aryl methyl sites for hydroxylation is 1. The molecule has 1 aromatic carbocycles. The van der Waals surface area contributed by atoms with Crippen LogP contribution in [0.3, 0.4) is 0 Å². The summed E-state index contributed by atoms with van der Waals surface area (Å²) in [7, 11) is 0. The largest absolute Gasteiger partial charge is 0.390 e. The molecule has 1 fully saturated rings. The Morgan fingerprint density at radius 2 is 2.08 bits per heavy atom. The minimum atomic E-state index is -0.772. The van der Waals surface area contributed by atoms with Gasteiger partial charge in [0.25, 0.3) is 0 Å². The van der Waals surface area contributed by atoms with Gasteiger partial charge in [0.1, 0.15) is 12.1 Å². The van der Waals surface area contributed by atoms with E-state index in [0.717, 1.165) is 29.0 Å². The highest BCUT2D eigenvalue weighted by atomic mass is 32.2. The van der Waals surface area contributed by atoms with Crippen molar-refractivity contribution in [3.05, 3.63) is 53.5 Å². The second kappa shape index (κ2) is 7.02. The Morgan fingerprint density at radius 1 is 1.23 bits per heavy atom. The van der Waals surface area contributed by atoms with Crippen molar-refractivity contribution >= 4 is 23.2 Å². The first-order chi connectivity index (χ1) is 12.5. The van der Waals surface area contributed by atoms with Gasteiger partial charge in [-0.05, 0) is 43.4 Å². The minimum absolute atomic E-state index is 0.0460. The van der Waals surface area contributed by atoms with E-state index in [1.807, 2.05) is 6.07 Å². The zero-order valence-electron chi connectivity index (χ0n) is 14.7. The Bertz CT molecular complexity index is 855. The number of nitrogens with two attached hydrogens (primary N) is 1. The molecule has 136 valence electrons. The van der Waals surface area contributed by atoms with Crippen LogP contribution in [0.2, 0.25) is 0 Å². The fraction of sp³-hybridized carbons (Fsp3) is 0.400. The highest BCUT2D eigenvalue weighted by Crippen LogP contribution is 2.45. The van der Waals surface area contributed by atoms with Crippen molar-refractivity contribution in [2.24, 2.45) is 11.8 Å². The molecule has 4 atom stereocenters. The molecule has 2 aliphatic carbocycles. The number of hydrogen-bond acceptors (Lipinski definition) is 6.